The predicted molar refractivity (Wildman–Crippen MR) is 78.0 cm³/mol. The topological polar surface area (TPSA) is 21.3 Å². The lowest BCUT2D eigenvalue weighted by atomic mass is 10.2. The fourth-order valence-corrected chi connectivity index (χ4v) is 2.10. The lowest BCUT2D eigenvalue weighted by molar-refractivity contribution is -0.274. The summed E-state index contributed by atoms with van der Waals surface area (Å²) < 4.78 is 40.5. The molecule has 112 valence electrons. The minimum absolute atomic E-state index is 0.242. The fraction of sp³-hybridized carbons (Fsp3) is 0.429. The molecule has 6 heteroatoms. The van der Waals surface area contributed by atoms with Crippen LogP contribution in [0.3, 0.4) is 0 Å². The predicted octanol–water partition coefficient (Wildman–Crippen LogP) is 5.51. The highest BCUT2D eigenvalue weighted by Gasteiger charge is 2.31. The normalized spacial score (nSPS) is 11.2. The summed E-state index contributed by atoms with van der Waals surface area (Å²) >= 11 is 3.07. The highest BCUT2D eigenvalue weighted by Crippen LogP contribution is 2.32. The van der Waals surface area contributed by atoms with Crippen LogP contribution in [0.1, 0.15) is 25.7 Å². The van der Waals surface area contributed by atoms with Crippen LogP contribution in [0.2, 0.25) is 0 Å². The first-order chi connectivity index (χ1) is 9.42. The fourth-order valence-electron chi connectivity index (χ4n) is 1.64. The van der Waals surface area contributed by atoms with Crippen molar-refractivity contribution in [2.75, 3.05) is 11.9 Å². The maximum absolute atomic E-state index is 12.1. The summed E-state index contributed by atoms with van der Waals surface area (Å²) in [6, 6.07) is 4.43. The van der Waals surface area contributed by atoms with Gasteiger partial charge in [-0.3, -0.25) is 0 Å². The van der Waals surface area contributed by atoms with Crippen molar-refractivity contribution in [3.05, 3.63) is 35.3 Å². The Morgan fingerprint density at radius 2 is 2.00 bits per heavy atom. The van der Waals surface area contributed by atoms with Crippen LogP contribution in [-0.4, -0.2) is 12.9 Å². The summed E-state index contributed by atoms with van der Waals surface area (Å²) in [4.78, 5) is 0. The highest BCUT2D eigenvalue weighted by atomic mass is 79.9. The number of halogens is 4. The Morgan fingerprint density at radius 3 is 2.60 bits per heavy atom. The van der Waals surface area contributed by atoms with Gasteiger partial charge in [-0.1, -0.05) is 12.5 Å². The smallest absolute Gasteiger partial charge is 0.405 e. The molecule has 0 aromatic heterocycles. The first-order valence-corrected chi connectivity index (χ1v) is 7.12. The lowest BCUT2D eigenvalue weighted by Gasteiger charge is -2.12. The van der Waals surface area contributed by atoms with Gasteiger partial charge in [-0.25, -0.2) is 0 Å². The summed E-state index contributed by atoms with van der Waals surface area (Å²) in [7, 11) is 0. The molecule has 1 rings (SSSR count). The number of hydrogen-bond donors (Lipinski definition) is 1. The molecule has 0 unspecified atom stereocenters. The van der Waals surface area contributed by atoms with Crippen molar-refractivity contribution >= 4 is 21.6 Å². The number of ether oxygens (including phenoxy) is 1. The Hall–Kier alpha value is -1.17. The van der Waals surface area contributed by atoms with Crippen LogP contribution < -0.4 is 10.1 Å². The molecule has 20 heavy (non-hydrogen) atoms. The van der Waals surface area contributed by atoms with Crippen molar-refractivity contribution in [1.29, 1.82) is 0 Å². The number of rotatable bonds is 8. The molecule has 0 radical (unpaired) electrons. The van der Waals surface area contributed by atoms with Gasteiger partial charge in [-0.15, -0.1) is 19.8 Å². The molecule has 0 aliphatic carbocycles. The molecule has 1 aromatic carbocycles. The molecule has 0 heterocycles. The van der Waals surface area contributed by atoms with E-state index in [9.17, 15) is 13.2 Å². The molecule has 0 saturated carbocycles. The van der Waals surface area contributed by atoms with E-state index in [0.717, 1.165) is 37.9 Å². The van der Waals surface area contributed by atoms with Gasteiger partial charge in [0.15, 0.2) is 0 Å². The zero-order valence-corrected chi connectivity index (χ0v) is 12.6. The first kappa shape index (κ1) is 16.9. The van der Waals surface area contributed by atoms with E-state index in [1.807, 2.05) is 6.08 Å². The number of alkyl halides is 3. The van der Waals surface area contributed by atoms with Crippen LogP contribution in [-0.2, 0) is 0 Å². The lowest BCUT2D eigenvalue weighted by Crippen LogP contribution is -2.17. The van der Waals surface area contributed by atoms with E-state index >= 15 is 0 Å². The maximum atomic E-state index is 12.1. The summed E-state index contributed by atoms with van der Waals surface area (Å²) in [5.74, 6) is -0.242. The third-order valence-corrected chi connectivity index (χ3v) is 3.19. The average Bonchev–Trinajstić information content (AvgIpc) is 2.35. The molecular formula is C14H17BrF3NO. The highest BCUT2D eigenvalue weighted by molar-refractivity contribution is 9.10. The molecule has 0 atom stereocenters. The zero-order chi connectivity index (χ0) is 15.0. The van der Waals surface area contributed by atoms with E-state index in [-0.39, 0.29) is 10.2 Å². The Labute approximate surface area is 125 Å². The van der Waals surface area contributed by atoms with Gasteiger partial charge >= 0.3 is 6.36 Å². The van der Waals surface area contributed by atoms with Crippen LogP contribution >= 0.6 is 15.9 Å². The number of allylic oxidation sites excluding steroid dienone is 1. The summed E-state index contributed by atoms with van der Waals surface area (Å²) in [5.41, 5.74) is 0.759. The maximum Gasteiger partial charge on any atom is 0.573 e. The molecule has 0 spiro atoms. The van der Waals surface area contributed by atoms with Gasteiger partial charge in [0, 0.05) is 12.2 Å². The molecule has 0 bridgehead atoms. The summed E-state index contributed by atoms with van der Waals surface area (Å²) in [6.45, 7) is 4.44. The summed E-state index contributed by atoms with van der Waals surface area (Å²) in [6.07, 6.45) is 1.43. The molecule has 0 amide bonds. The standard InChI is InChI=1S/C14H17BrF3NO/c1-2-3-4-5-6-9-19-11-7-8-13(12(15)10-11)20-14(16,17)18/h2,7-8,10,19H,1,3-6,9H2. The SMILES string of the molecule is C=CCCCCCNc1ccc(OC(F)(F)F)c(Br)c1. The van der Waals surface area contributed by atoms with Gasteiger partial charge in [0.25, 0.3) is 0 Å². The van der Waals surface area contributed by atoms with Gasteiger partial charge < -0.3 is 10.1 Å². The van der Waals surface area contributed by atoms with Gasteiger partial charge in [-0.05, 0) is 53.4 Å². The van der Waals surface area contributed by atoms with Crippen molar-refractivity contribution in [2.24, 2.45) is 0 Å². The second-order valence-corrected chi connectivity index (χ2v) is 5.11. The number of unbranched alkanes of at least 4 members (excludes halogenated alkanes) is 3. The van der Waals surface area contributed by atoms with Gasteiger partial charge in [0.1, 0.15) is 5.75 Å². The Kier molecular flexibility index (Phi) is 6.91. The van der Waals surface area contributed by atoms with Gasteiger partial charge in [-0.2, -0.15) is 0 Å². The van der Waals surface area contributed by atoms with Gasteiger partial charge in [0.05, 0.1) is 4.47 Å². The molecule has 0 fully saturated rings. The van der Waals surface area contributed by atoms with E-state index in [4.69, 9.17) is 0 Å². The minimum atomic E-state index is -4.68. The van der Waals surface area contributed by atoms with Crippen LogP contribution in [0.25, 0.3) is 0 Å². The molecular weight excluding hydrogens is 335 g/mol. The average molecular weight is 352 g/mol. The van der Waals surface area contributed by atoms with Gasteiger partial charge in [0.2, 0.25) is 0 Å². The Bertz CT molecular complexity index is 435. The molecule has 0 aliphatic heterocycles. The monoisotopic (exact) mass is 351 g/mol. The van der Waals surface area contributed by atoms with Crippen molar-refractivity contribution in [3.8, 4) is 5.75 Å². The van der Waals surface area contributed by atoms with Crippen molar-refractivity contribution in [2.45, 2.75) is 32.0 Å². The van der Waals surface area contributed by atoms with E-state index < -0.39 is 6.36 Å². The molecule has 0 aliphatic rings. The second-order valence-electron chi connectivity index (χ2n) is 4.26. The zero-order valence-electron chi connectivity index (χ0n) is 11.0. The number of anilines is 1. The molecule has 0 saturated heterocycles. The quantitative estimate of drug-likeness (QED) is 0.492. The number of hydrogen-bond acceptors (Lipinski definition) is 2. The van der Waals surface area contributed by atoms with Crippen LogP contribution in [0.4, 0.5) is 18.9 Å². The second kappa shape index (κ2) is 8.19. The number of benzene rings is 1. The van der Waals surface area contributed by atoms with E-state index in [1.54, 1.807) is 12.1 Å². The van der Waals surface area contributed by atoms with Crippen molar-refractivity contribution in [3.63, 3.8) is 0 Å². The first-order valence-electron chi connectivity index (χ1n) is 6.32. The number of nitrogens with one attached hydrogen (secondary N) is 1. The van der Waals surface area contributed by atoms with E-state index in [1.165, 1.54) is 6.07 Å². The van der Waals surface area contributed by atoms with Crippen molar-refractivity contribution < 1.29 is 17.9 Å². The van der Waals surface area contributed by atoms with Crippen molar-refractivity contribution in [1.82, 2.24) is 0 Å². The Morgan fingerprint density at radius 1 is 1.25 bits per heavy atom. The van der Waals surface area contributed by atoms with Crippen LogP contribution in [0, 0.1) is 0 Å². The molecule has 1 aromatic rings. The third-order valence-electron chi connectivity index (χ3n) is 2.57. The molecule has 1 N–H and O–H groups in total. The minimum Gasteiger partial charge on any atom is -0.405 e. The molecule has 2 nitrogen and oxygen atoms in total. The summed E-state index contributed by atoms with van der Waals surface area (Å²) in [5, 5.41) is 3.16. The largest absolute Gasteiger partial charge is 0.573 e. The van der Waals surface area contributed by atoms with Crippen LogP contribution in [0.5, 0.6) is 5.75 Å². The third kappa shape index (κ3) is 6.84. The van der Waals surface area contributed by atoms with E-state index in [0.29, 0.717) is 0 Å². The van der Waals surface area contributed by atoms with E-state index in [2.05, 4.69) is 32.6 Å². The van der Waals surface area contributed by atoms with Crippen LogP contribution in [0.15, 0.2) is 35.3 Å². The Balaban J connectivity index is 2.41.